The zero-order chi connectivity index (χ0) is 24.1. The first-order valence-electron chi connectivity index (χ1n) is 11.0. The van der Waals surface area contributed by atoms with Crippen molar-refractivity contribution in [3.8, 4) is 0 Å². The largest absolute Gasteiger partial charge is 0.336 e. The van der Waals surface area contributed by atoms with E-state index in [2.05, 4.69) is 10.2 Å². The Labute approximate surface area is 193 Å². The van der Waals surface area contributed by atoms with Gasteiger partial charge in [0.1, 0.15) is 5.71 Å². The molecule has 3 aliphatic rings. The highest BCUT2D eigenvalue weighted by atomic mass is 32.2. The molecule has 0 bridgehead atoms. The fourth-order valence-electron chi connectivity index (χ4n) is 4.76. The molecule has 0 spiro atoms. The van der Waals surface area contributed by atoms with Gasteiger partial charge in [-0.25, -0.2) is 21.8 Å². The van der Waals surface area contributed by atoms with Crippen LogP contribution in [-0.2, 0) is 35.8 Å². The normalized spacial score (nSPS) is 26.5. The molecule has 4 rings (SSSR count). The minimum absolute atomic E-state index is 0.0188. The van der Waals surface area contributed by atoms with Crippen molar-refractivity contribution < 1.29 is 26.4 Å². The molecule has 0 aliphatic carbocycles. The second-order valence-corrected chi connectivity index (χ2v) is 13.6. The van der Waals surface area contributed by atoms with Crippen LogP contribution in [0.3, 0.4) is 0 Å². The molecule has 0 N–H and O–H groups in total. The lowest BCUT2D eigenvalue weighted by atomic mass is 10.1. The van der Waals surface area contributed by atoms with Crippen LogP contribution in [0.25, 0.3) is 0 Å². The summed E-state index contributed by atoms with van der Waals surface area (Å²) in [5.74, 6) is -0.486. The van der Waals surface area contributed by atoms with Crippen LogP contribution in [0.15, 0.2) is 5.10 Å². The first-order chi connectivity index (χ1) is 15.4. The van der Waals surface area contributed by atoms with E-state index < -0.39 is 25.7 Å². The maximum absolute atomic E-state index is 13.1. The summed E-state index contributed by atoms with van der Waals surface area (Å²) < 4.78 is 49.1. The molecule has 182 valence electrons. The van der Waals surface area contributed by atoms with Gasteiger partial charge in [0.05, 0.1) is 40.8 Å². The van der Waals surface area contributed by atoms with Gasteiger partial charge in [-0.05, 0) is 26.7 Å². The number of aromatic nitrogens is 2. The average Bonchev–Trinajstić information content (AvgIpc) is 3.37. The van der Waals surface area contributed by atoms with Gasteiger partial charge in [0.2, 0.25) is 5.91 Å². The van der Waals surface area contributed by atoms with E-state index in [0.29, 0.717) is 12.8 Å². The fraction of sp³-hybridized carbons (Fsp3) is 0.700. The quantitative estimate of drug-likeness (QED) is 0.555. The van der Waals surface area contributed by atoms with Crippen molar-refractivity contribution in [3.05, 3.63) is 17.0 Å². The molecule has 2 atom stereocenters. The molecule has 0 radical (unpaired) electrons. The second-order valence-electron chi connectivity index (χ2n) is 9.15. The van der Waals surface area contributed by atoms with E-state index in [1.54, 1.807) is 11.7 Å². The third-order valence-corrected chi connectivity index (χ3v) is 10.1. The van der Waals surface area contributed by atoms with Gasteiger partial charge < -0.3 is 4.90 Å². The van der Waals surface area contributed by atoms with Gasteiger partial charge in [-0.1, -0.05) is 0 Å². The first-order valence-corrected chi connectivity index (χ1v) is 14.6. The number of carbonyl (C=O) groups is 2. The van der Waals surface area contributed by atoms with E-state index in [1.807, 2.05) is 13.8 Å². The minimum Gasteiger partial charge on any atom is -0.336 e. The Hall–Kier alpha value is -2.28. The predicted octanol–water partition coefficient (Wildman–Crippen LogP) is -0.0166. The van der Waals surface area contributed by atoms with Crippen LogP contribution in [0, 0.1) is 13.8 Å². The van der Waals surface area contributed by atoms with Crippen molar-refractivity contribution in [3.63, 3.8) is 0 Å². The smallest absolute Gasteiger partial charge is 0.270 e. The molecule has 1 aromatic rings. The zero-order valence-electron chi connectivity index (χ0n) is 19.0. The van der Waals surface area contributed by atoms with Gasteiger partial charge in [-0.2, -0.15) is 10.2 Å². The molecule has 2 amide bonds. The third kappa shape index (κ3) is 4.84. The van der Waals surface area contributed by atoms with Gasteiger partial charge in [-0.15, -0.1) is 0 Å². The van der Waals surface area contributed by atoms with Crippen molar-refractivity contribution in [2.24, 2.45) is 5.10 Å². The molecule has 2 saturated heterocycles. The second kappa shape index (κ2) is 8.49. The third-order valence-electron chi connectivity index (χ3n) is 6.63. The van der Waals surface area contributed by atoms with Crippen LogP contribution in [0.5, 0.6) is 0 Å². The van der Waals surface area contributed by atoms with Crippen molar-refractivity contribution >= 4 is 37.2 Å². The molecule has 13 heteroatoms. The Kier molecular flexibility index (Phi) is 6.14. The number of rotatable bonds is 5. The van der Waals surface area contributed by atoms with E-state index >= 15 is 0 Å². The summed E-state index contributed by atoms with van der Waals surface area (Å²) in [4.78, 5) is 26.9. The van der Waals surface area contributed by atoms with Crippen LogP contribution in [0.4, 0.5) is 0 Å². The lowest BCUT2D eigenvalue weighted by molar-refractivity contribution is -0.134. The molecule has 11 nitrogen and oxygen atoms in total. The summed E-state index contributed by atoms with van der Waals surface area (Å²) >= 11 is 0. The number of nitrogens with zero attached hydrogens (tertiary/aromatic N) is 5. The number of carbonyl (C=O) groups excluding carboxylic acids is 2. The van der Waals surface area contributed by atoms with Gasteiger partial charge >= 0.3 is 0 Å². The lowest BCUT2D eigenvalue weighted by Gasteiger charge is -2.29. The van der Waals surface area contributed by atoms with Crippen LogP contribution in [0.1, 0.15) is 48.7 Å². The van der Waals surface area contributed by atoms with Crippen LogP contribution < -0.4 is 0 Å². The Morgan fingerprint density at radius 2 is 1.64 bits per heavy atom. The standard InChI is InChI=1S/C20H29N5O6S2/c1-13-17(14(2)24(21-13)15-6-8-32(28,29)11-15)10-23(3)20(27)18-4-5-19(26)25(22-18)16-7-9-33(30,31)12-16/h15-16H,4-12H2,1-3H3/t15-,16+/m1/s1. The highest BCUT2D eigenvalue weighted by molar-refractivity contribution is 7.91. The van der Waals surface area contributed by atoms with Crippen LogP contribution in [-0.4, -0.2) is 90.2 Å². The summed E-state index contributed by atoms with van der Waals surface area (Å²) in [6.07, 6.45) is 1.16. The van der Waals surface area contributed by atoms with Gasteiger partial charge in [0.25, 0.3) is 5.91 Å². The molecule has 2 fully saturated rings. The average molecular weight is 500 g/mol. The number of hydrogen-bond donors (Lipinski definition) is 0. The van der Waals surface area contributed by atoms with Gasteiger partial charge in [0, 0.05) is 37.7 Å². The van der Waals surface area contributed by atoms with E-state index in [0.717, 1.165) is 17.0 Å². The molecule has 0 saturated carbocycles. The topological polar surface area (TPSA) is 139 Å². The van der Waals surface area contributed by atoms with Crippen molar-refractivity contribution in [2.75, 3.05) is 30.1 Å². The van der Waals surface area contributed by atoms with E-state index in [1.165, 1.54) is 9.91 Å². The zero-order valence-corrected chi connectivity index (χ0v) is 20.7. The summed E-state index contributed by atoms with van der Waals surface area (Å²) in [6, 6.07) is -0.727. The number of hydrazone groups is 1. The first kappa shape index (κ1) is 23.9. The molecular weight excluding hydrogens is 470 g/mol. The lowest BCUT2D eigenvalue weighted by Crippen LogP contribution is -2.44. The molecule has 3 aliphatic heterocycles. The van der Waals surface area contributed by atoms with Gasteiger partial charge in [0.15, 0.2) is 19.7 Å². The summed E-state index contributed by atoms with van der Waals surface area (Å²) in [5.41, 5.74) is 2.63. The van der Waals surface area contributed by atoms with Crippen molar-refractivity contribution in [2.45, 2.75) is 58.2 Å². The highest BCUT2D eigenvalue weighted by Gasteiger charge is 2.38. The van der Waals surface area contributed by atoms with Gasteiger partial charge in [-0.3, -0.25) is 14.3 Å². The Morgan fingerprint density at radius 1 is 1.03 bits per heavy atom. The molecule has 0 aromatic carbocycles. The Bertz CT molecular complexity index is 1230. The monoisotopic (exact) mass is 499 g/mol. The number of aryl methyl sites for hydroxylation is 1. The Balaban J connectivity index is 1.50. The van der Waals surface area contributed by atoms with E-state index in [4.69, 9.17) is 0 Å². The molecule has 0 unspecified atom stereocenters. The maximum Gasteiger partial charge on any atom is 0.270 e. The summed E-state index contributed by atoms with van der Waals surface area (Å²) in [5, 5.41) is 9.99. The van der Waals surface area contributed by atoms with E-state index in [9.17, 15) is 26.4 Å². The van der Waals surface area contributed by atoms with Crippen LogP contribution in [0.2, 0.25) is 0 Å². The van der Waals surface area contributed by atoms with Crippen molar-refractivity contribution in [1.29, 1.82) is 0 Å². The maximum atomic E-state index is 13.1. The molecule has 4 heterocycles. The predicted molar refractivity (Wildman–Crippen MR) is 121 cm³/mol. The van der Waals surface area contributed by atoms with Crippen molar-refractivity contribution in [1.82, 2.24) is 19.7 Å². The Morgan fingerprint density at radius 3 is 2.21 bits per heavy atom. The number of sulfone groups is 2. The van der Waals surface area contributed by atoms with Crippen LogP contribution >= 0.6 is 0 Å². The fourth-order valence-corrected chi connectivity index (χ4v) is 8.14. The highest BCUT2D eigenvalue weighted by Crippen LogP contribution is 2.28. The number of amides is 2. The van der Waals surface area contributed by atoms with E-state index in [-0.39, 0.29) is 66.0 Å². The summed E-state index contributed by atoms with van der Waals surface area (Å²) in [7, 11) is -4.60. The SMILES string of the molecule is Cc1nn([C@@H]2CCS(=O)(=O)C2)c(C)c1CN(C)C(=O)C1=NN([C@H]2CCS(=O)(=O)C2)C(=O)CC1. The molecular formula is C20H29N5O6S2. The number of hydrogen-bond acceptors (Lipinski definition) is 8. The molecule has 33 heavy (non-hydrogen) atoms. The minimum atomic E-state index is -3.19. The summed E-state index contributed by atoms with van der Waals surface area (Å²) in [6.45, 7) is 3.97. The molecule has 1 aromatic heterocycles.